The Hall–Kier alpha value is -1.39. The van der Waals surface area contributed by atoms with E-state index in [4.69, 9.17) is 0 Å². The first kappa shape index (κ1) is 14.5. The Labute approximate surface area is 133 Å². The number of halogens is 2. The van der Waals surface area contributed by atoms with Gasteiger partial charge in [-0.2, -0.15) is 0 Å². The van der Waals surface area contributed by atoms with Gasteiger partial charge in [0, 0.05) is 29.8 Å². The summed E-state index contributed by atoms with van der Waals surface area (Å²) in [6.07, 6.45) is 2.59. The van der Waals surface area contributed by atoms with E-state index in [1.54, 1.807) is 6.07 Å². The number of nitrogens with one attached hydrogen (secondary N) is 1. The normalized spacial score (nSPS) is 14.2. The average molecular weight is 349 g/mol. The highest BCUT2D eigenvalue weighted by Crippen LogP contribution is 2.32. The highest BCUT2D eigenvalue weighted by atomic mass is 79.9. The van der Waals surface area contributed by atoms with Gasteiger partial charge in [-0.25, -0.2) is 4.39 Å². The van der Waals surface area contributed by atoms with E-state index in [2.05, 4.69) is 39.4 Å². The first-order valence-electron chi connectivity index (χ1n) is 7.14. The Kier molecular flexibility index (Phi) is 4.27. The molecule has 2 aromatic carbocycles. The smallest absolute Gasteiger partial charge is 0.125 e. The molecule has 0 amide bonds. The third-order valence-electron chi connectivity index (χ3n) is 3.74. The summed E-state index contributed by atoms with van der Waals surface area (Å²) in [5, 5.41) is 3.50. The van der Waals surface area contributed by atoms with E-state index in [0.29, 0.717) is 6.04 Å². The lowest BCUT2D eigenvalue weighted by atomic mass is 10.2. The zero-order chi connectivity index (χ0) is 14.8. The fraction of sp³-hybridized carbons (Fsp3) is 0.294. The molecule has 4 heteroatoms. The summed E-state index contributed by atoms with van der Waals surface area (Å²) in [6.45, 7) is 0.896. The van der Waals surface area contributed by atoms with Gasteiger partial charge < -0.3 is 10.2 Å². The number of rotatable bonds is 5. The molecule has 0 atom stereocenters. The fourth-order valence-electron chi connectivity index (χ4n) is 2.31. The van der Waals surface area contributed by atoms with Crippen LogP contribution in [-0.2, 0) is 6.54 Å². The van der Waals surface area contributed by atoms with Crippen LogP contribution < -0.4 is 10.2 Å². The largest absolute Gasteiger partial charge is 0.344 e. The second-order valence-electron chi connectivity index (χ2n) is 5.48. The minimum atomic E-state index is -0.222. The average Bonchev–Trinajstić information content (AvgIpc) is 3.29. The topological polar surface area (TPSA) is 15.3 Å². The van der Waals surface area contributed by atoms with Crippen LogP contribution in [0.3, 0.4) is 0 Å². The highest BCUT2D eigenvalue weighted by Gasteiger charge is 2.20. The first-order chi connectivity index (χ1) is 10.1. The van der Waals surface area contributed by atoms with E-state index in [9.17, 15) is 4.39 Å². The van der Waals surface area contributed by atoms with Gasteiger partial charge in [0.05, 0.1) is 5.69 Å². The maximum Gasteiger partial charge on any atom is 0.125 e. The van der Waals surface area contributed by atoms with Gasteiger partial charge in [0.1, 0.15) is 5.82 Å². The summed E-state index contributed by atoms with van der Waals surface area (Å²) >= 11 is 3.62. The summed E-state index contributed by atoms with van der Waals surface area (Å²) in [5.41, 5.74) is 3.11. The molecule has 0 bridgehead atoms. The van der Waals surface area contributed by atoms with Crippen molar-refractivity contribution in [2.24, 2.45) is 0 Å². The molecule has 1 aliphatic carbocycles. The van der Waals surface area contributed by atoms with Crippen molar-refractivity contribution in [3.05, 3.63) is 58.3 Å². The summed E-state index contributed by atoms with van der Waals surface area (Å²) in [4.78, 5) is 1.98. The number of hydrogen-bond donors (Lipinski definition) is 1. The second kappa shape index (κ2) is 6.16. The highest BCUT2D eigenvalue weighted by molar-refractivity contribution is 9.10. The van der Waals surface area contributed by atoms with Gasteiger partial charge in [0.2, 0.25) is 0 Å². The fourth-order valence-corrected chi connectivity index (χ4v) is 3.00. The number of benzene rings is 2. The van der Waals surface area contributed by atoms with Crippen LogP contribution in [0.2, 0.25) is 0 Å². The van der Waals surface area contributed by atoms with Gasteiger partial charge in [-0.3, -0.25) is 0 Å². The van der Waals surface area contributed by atoms with E-state index in [1.807, 2.05) is 18.0 Å². The maximum absolute atomic E-state index is 13.3. The molecule has 0 unspecified atom stereocenters. The summed E-state index contributed by atoms with van der Waals surface area (Å²) in [6, 6.07) is 13.6. The Morgan fingerprint density at radius 3 is 2.71 bits per heavy atom. The van der Waals surface area contributed by atoms with Crippen molar-refractivity contribution in [3.63, 3.8) is 0 Å². The number of nitrogens with zero attached hydrogens (tertiary/aromatic N) is 1. The minimum absolute atomic E-state index is 0.222. The van der Waals surface area contributed by atoms with E-state index in [1.165, 1.54) is 30.5 Å². The summed E-state index contributed by atoms with van der Waals surface area (Å²) < 4.78 is 14.4. The van der Waals surface area contributed by atoms with Gasteiger partial charge in [0.25, 0.3) is 0 Å². The Bertz CT molecular complexity index is 640. The van der Waals surface area contributed by atoms with Crippen molar-refractivity contribution >= 4 is 27.3 Å². The standard InChI is InChI=1S/C17H18BrFN2/c1-21(15-4-2-3-13(19)10-15)17-8-5-12(9-16(17)18)11-20-14-6-7-14/h2-5,8-10,14,20H,6-7,11H2,1H3. The quantitative estimate of drug-likeness (QED) is 0.848. The predicted molar refractivity (Wildman–Crippen MR) is 88.5 cm³/mol. The number of hydrogen-bond acceptors (Lipinski definition) is 2. The van der Waals surface area contributed by atoms with Crippen LogP contribution in [0.25, 0.3) is 0 Å². The summed E-state index contributed by atoms with van der Waals surface area (Å²) in [7, 11) is 1.94. The van der Waals surface area contributed by atoms with Crippen molar-refractivity contribution in [1.82, 2.24) is 5.32 Å². The van der Waals surface area contributed by atoms with E-state index >= 15 is 0 Å². The summed E-state index contributed by atoms with van der Waals surface area (Å²) in [5.74, 6) is -0.222. The zero-order valence-electron chi connectivity index (χ0n) is 11.9. The van der Waals surface area contributed by atoms with Crippen LogP contribution in [0.4, 0.5) is 15.8 Å². The molecule has 2 aromatic rings. The lowest BCUT2D eigenvalue weighted by Gasteiger charge is -2.21. The van der Waals surface area contributed by atoms with Gasteiger partial charge in [-0.1, -0.05) is 12.1 Å². The molecule has 1 saturated carbocycles. The first-order valence-corrected chi connectivity index (χ1v) is 7.94. The number of anilines is 2. The molecule has 3 rings (SSSR count). The zero-order valence-corrected chi connectivity index (χ0v) is 13.5. The second-order valence-corrected chi connectivity index (χ2v) is 6.33. The third kappa shape index (κ3) is 3.63. The third-order valence-corrected chi connectivity index (χ3v) is 4.38. The molecule has 0 saturated heterocycles. The van der Waals surface area contributed by atoms with Crippen LogP contribution in [0.1, 0.15) is 18.4 Å². The molecule has 110 valence electrons. The molecular formula is C17H18BrFN2. The molecule has 1 aliphatic rings. The molecule has 0 aromatic heterocycles. The maximum atomic E-state index is 13.3. The van der Waals surface area contributed by atoms with E-state index < -0.39 is 0 Å². The SMILES string of the molecule is CN(c1cccc(F)c1)c1ccc(CNC2CC2)cc1Br. The van der Waals surface area contributed by atoms with Crippen LogP contribution in [0, 0.1) is 5.82 Å². The molecule has 0 radical (unpaired) electrons. The van der Waals surface area contributed by atoms with Crippen molar-refractivity contribution in [1.29, 1.82) is 0 Å². The van der Waals surface area contributed by atoms with E-state index in [0.717, 1.165) is 22.4 Å². The molecule has 2 nitrogen and oxygen atoms in total. The van der Waals surface area contributed by atoms with Gasteiger partial charge >= 0.3 is 0 Å². The van der Waals surface area contributed by atoms with Crippen molar-refractivity contribution < 1.29 is 4.39 Å². The van der Waals surface area contributed by atoms with Gasteiger partial charge in [-0.05, 0) is 64.7 Å². The van der Waals surface area contributed by atoms with Crippen LogP contribution in [0.5, 0.6) is 0 Å². The molecule has 0 heterocycles. The molecular weight excluding hydrogens is 331 g/mol. The Morgan fingerprint density at radius 2 is 2.05 bits per heavy atom. The van der Waals surface area contributed by atoms with Crippen LogP contribution >= 0.6 is 15.9 Å². The Morgan fingerprint density at radius 1 is 1.24 bits per heavy atom. The van der Waals surface area contributed by atoms with Gasteiger partial charge in [0.15, 0.2) is 0 Å². The Balaban J connectivity index is 1.77. The van der Waals surface area contributed by atoms with Crippen LogP contribution in [-0.4, -0.2) is 13.1 Å². The van der Waals surface area contributed by atoms with Gasteiger partial charge in [-0.15, -0.1) is 0 Å². The van der Waals surface area contributed by atoms with Crippen LogP contribution in [0.15, 0.2) is 46.9 Å². The molecule has 0 spiro atoms. The monoisotopic (exact) mass is 348 g/mol. The molecule has 1 N–H and O–H groups in total. The molecule has 0 aliphatic heterocycles. The van der Waals surface area contributed by atoms with Crippen molar-refractivity contribution in [2.75, 3.05) is 11.9 Å². The van der Waals surface area contributed by atoms with Crippen molar-refractivity contribution in [2.45, 2.75) is 25.4 Å². The van der Waals surface area contributed by atoms with E-state index in [-0.39, 0.29) is 5.82 Å². The molecule has 1 fully saturated rings. The van der Waals surface area contributed by atoms with Crippen molar-refractivity contribution in [3.8, 4) is 0 Å². The lowest BCUT2D eigenvalue weighted by molar-refractivity contribution is 0.628. The minimum Gasteiger partial charge on any atom is -0.344 e. The predicted octanol–water partition coefficient (Wildman–Crippen LogP) is 4.61. The molecule has 21 heavy (non-hydrogen) atoms. The lowest BCUT2D eigenvalue weighted by Crippen LogP contribution is -2.15.